The van der Waals surface area contributed by atoms with Gasteiger partial charge in [-0.3, -0.25) is 14.4 Å². The summed E-state index contributed by atoms with van der Waals surface area (Å²) in [4.78, 5) is 45.9. The third-order valence-electron chi connectivity index (χ3n) is 6.16. The molecule has 0 aliphatic carbocycles. The number of amides is 2. The van der Waals surface area contributed by atoms with Crippen LogP contribution in [0.4, 0.5) is 5.00 Å². The van der Waals surface area contributed by atoms with Crippen molar-refractivity contribution in [3.8, 4) is 10.6 Å². The first-order valence-electron chi connectivity index (χ1n) is 11.1. The molecule has 5 aromatic rings. The summed E-state index contributed by atoms with van der Waals surface area (Å²) in [7, 11) is 0. The van der Waals surface area contributed by atoms with E-state index < -0.39 is 5.91 Å². The zero-order chi connectivity index (χ0) is 24.1. The number of thiophene rings is 1. The van der Waals surface area contributed by atoms with Crippen LogP contribution in [-0.4, -0.2) is 28.2 Å². The van der Waals surface area contributed by atoms with E-state index in [0.29, 0.717) is 35.5 Å². The monoisotopic (exact) mass is 501 g/mol. The molecule has 2 aromatic carbocycles. The fourth-order valence-electron chi connectivity index (χ4n) is 4.37. The molecule has 3 aromatic heterocycles. The third kappa shape index (κ3) is 3.73. The quantitative estimate of drug-likeness (QED) is 0.363. The Morgan fingerprint density at radius 3 is 2.71 bits per heavy atom. The van der Waals surface area contributed by atoms with Gasteiger partial charge in [-0.25, -0.2) is 4.98 Å². The third-order valence-corrected chi connectivity index (χ3v) is 8.35. The van der Waals surface area contributed by atoms with Crippen LogP contribution in [0.5, 0.6) is 0 Å². The molecule has 174 valence electrons. The highest BCUT2D eigenvalue weighted by atomic mass is 32.1. The van der Waals surface area contributed by atoms with E-state index >= 15 is 0 Å². The van der Waals surface area contributed by atoms with Crippen LogP contribution >= 0.6 is 22.7 Å². The van der Waals surface area contributed by atoms with Crippen molar-refractivity contribution in [1.29, 1.82) is 0 Å². The molecule has 6 rings (SSSR count). The Kier molecular flexibility index (Phi) is 5.23. The minimum Gasteiger partial charge on any atom is -0.463 e. The first kappa shape index (κ1) is 21.7. The second-order valence-corrected chi connectivity index (χ2v) is 10.4. The summed E-state index contributed by atoms with van der Waals surface area (Å²) in [6.45, 7) is 2.66. The number of fused-ring (bicyclic) bond motifs is 3. The van der Waals surface area contributed by atoms with E-state index in [0.717, 1.165) is 31.2 Å². The fraction of sp³-hybridized carbons (Fsp3) is 0.154. The van der Waals surface area contributed by atoms with Crippen molar-refractivity contribution in [3.63, 3.8) is 0 Å². The second-order valence-electron chi connectivity index (χ2n) is 8.31. The molecule has 7 nitrogen and oxygen atoms in total. The van der Waals surface area contributed by atoms with E-state index in [1.54, 1.807) is 47.4 Å². The highest BCUT2D eigenvalue weighted by Gasteiger charge is 2.29. The molecule has 1 aliphatic rings. The van der Waals surface area contributed by atoms with Crippen LogP contribution in [0, 0.1) is 0 Å². The number of aromatic nitrogens is 1. The summed E-state index contributed by atoms with van der Waals surface area (Å²) in [6.07, 6.45) is 1.88. The van der Waals surface area contributed by atoms with Gasteiger partial charge in [0.05, 0.1) is 22.1 Å². The molecule has 1 N–H and O–H groups in total. The molecule has 2 amide bonds. The van der Waals surface area contributed by atoms with Gasteiger partial charge >= 0.3 is 0 Å². The molecule has 0 unspecified atom stereocenters. The summed E-state index contributed by atoms with van der Waals surface area (Å²) in [5.41, 5.74) is 2.84. The van der Waals surface area contributed by atoms with Crippen LogP contribution in [0.15, 0.2) is 64.0 Å². The summed E-state index contributed by atoms with van der Waals surface area (Å²) in [5.74, 6) is -0.515. The van der Waals surface area contributed by atoms with E-state index in [4.69, 9.17) is 9.40 Å². The van der Waals surface area contributed by atoms with Gasteiger partial charge in [-0.15, -0.1) is 22.7 Å². The Morgan fingerprint density at radius 2 is 1.89 bits per heavy atom. The van der Waals surface area contributed by atoms with E-state index in [1.165, 1.54) is 17.6 Å². The van der Waals surface area contributed by atoms with Gasteiger partial charge in [0.2, 0.25) is 11.3 Å². The van der Waals surface area contributed by atoms with Gasteiger partial charge < -0.3 is 14.6 Å². The number of rotatable bonds is 3. The lowest BCUT2D eigenvalue weighted by Crippen LogP contribution is -2.33. The summed E-state index contributed by atoms with van der Waals surface area (Å²) in [5, 5.41) is 4.74. The average molecular weight is 502 g/mol. The van der Waals surface area contributed by atoms with Crippen molar-refractivity contribution in [1.82, 2.24) is 9.88 Å². The maximum Gasteiger partial charge on any atom is 0.263 e. The lowest BCUT2D eigenvalue weighted by Gasteiger charge is -2.26. The maximum absolute atomic E-state index is 13.3. The number of nitrogens with one attached hydrogen (secondary N) is 1. The molecule has 1 aliphatic heterocycles. The first-order chi connectivity index (χ1) is 17.0. The second kappa shape index (κ2) is 8.44. The van der Waals surface area contributed by atoms with Crippen molar-refractivity contribution in [3.05, 3.63) is 81.0 Å². The summed E-state index contributed by atoms with van der Waals surface area (Å²) in [6, 6.07) is 14.7. The summed E-state index contributed by atoms with van der Waals surface area (Å²) >= 11 is 2.99. The van der Waals surface area contributed by atoms with Gasteiger partial charge in [0.1, 0.15) is 27.4 Å². The Hall–Kier alpha value is -3.82. The molecule has 0 atom stereocenters. The molecule has 4 heterocycles. The zero-order valence-electron chi connectivity index (χ0n) is 18.7. The lowest BCUT2D eigenvalue weighted by molar-refractivity contribution is -0.129. The standard InChI is InChI=1S/C26H19N3O4S2/c1-14(30)29-11-10-16-21(12-29)35-26(22(16)25-27-18-7-3-5-9-20(18)34-25)28-24(32)17-13-33-19-8-4-2-6-15(19)23(17)31/h2-9,13H,10-12H2,1H3,(H,28,32). The zero-order valence-corrected chi connectivity index (χ0v) is 20.3. The summed E-state index contributed by atoms with van der Waals surface area (Å²) < 4.78 is 6.60. The number of nitrogens with zero attached hydrogens (tertiary/aromatic N) is 2. The number of hydrogen-bond donors (Lipinski definition) is 1. The van der Waals surface area contributed by atoms with Crippen molar-refractivity contribution < 1.29 is 14.0 Å². The van der Waals surface area contributed by atoms with Crippen molar-refractivity contribution in [2.75, 3.05) is 11.9 Å². The molecule has 0 radical (unpaired) electrons. The van der Waals surface area contributed by atoms with Crippen LogP contribution in [0.3, 0.4) is 0 Å². The lowest BCUT2D eigenvalue weighted by atomic mass is 10.0. The number of hydrogen-bond acceptors (Lipinski definition) is 7. The Bertz CT molecular complexity index is 1670. The van der Waals surface area contributed by atoms with Gasteiger partial charge in [0, 0.05) is 23.9 Å². The van der Waals surface area contributed by atoms with E-state index in [2.05, 4.69) is 5.32 Å². The molecule has 0 saturated heterocycles. The van der Waals surface area contributed by atoms with E-state index in [-0.39, 0.29) is 16.9 Å². The topological polar surface area (TPSA) is 92.5 Å². The van der Waals surface area contributed by atoms with Gasteiger partial charge in [-0.2, -0.15) is 0 Å². The van der Waals surface area contributed by atoms with Crippen molar-refractivity contribution in [2.24, 2.45) is 0 Å². The fourth-order valence-corrected chi connectivity index (χ4v) is 6.74. The highest BCUT2D eigenvalue weighted by molar-refractivity contribution is 7.23. The Balaban J connectivity index is 1.45. The van der Waals surface area contributed by atoms with Gasteiger partial charge in [0.15, 0.2) is 0 Å². The van der Waals surface area contributed by atoms with Crippen molar-refractivity contribution >= 4 is 60.7 Å². The van der Waals surface area contributed by atoms with Crippen LogP contribution < -0.4 is 10.7 Å². The number of anilines is 1. The number of benzene rings is 2. The smallest absolute Gasteiger partial charge is 0.263 e. The molecule has 9 heteroatoms. The van der Waals surface area contributed by atoms with E-state index in [1.807, 2.05) is 24.3 Å². The molecular weight excluding hydrogens is 482 g/mol. The van der Waals surface area contributed by atoms with Crippen LogP contribution in [0.1, 0.15) is 27.7 Å². The van der Waals surface area contributed by atoms with Gasteiger partial charge in [-0.1, -0.05) is 24.3 Å². The predicted molar refractivity (Wildman–Crippen MR) is 138 cm³/mol. The normalized spacial score (nSPS) is 13.2. The highest BCUT2D eigenvalue weighted by Crippen LogP contribution is 2.45. The number of para-hydroxylation sites is 2. The van der Waals surface area contributed by atoms with Crippen LogP contribution in [-0.2, 0) is 17.8 Å². The van der Waals surface area contributed by atoms with Crippen LogP contribution in [0.2, 0.25) is 0 Å². The molecule has 0 saturated carbocycles. The van der Waals surface area contributed by atoms with Crippen molar-refractivity contribution in [2.45, 2.75) is 19.9 Å². The largest absolute Gasteiger partial charge is 0.463 e. The average Bonchev–Trinajstić information content (AvgIpc) is 3.44. The Labute approximate surface area is 207 Å². The van der Waals surface area contributed by atoms with E-state index in [9.17, 15) is 14.4 Å². The minimum absolute atomic E-state index is 0.0185. The Morgan fingerprint density at radius 1 is 1.09 bits per heavy atom. The molecular formula is C26H19N3O4S2. The minimum atomic E-state index is -0.533. The SMILES string of the molecule is CC(=O)N1CCc2c(sc(NC(=O)c3coc4ccccc4c3=O)c2-c2nc3ccccc3s2)C1. The first-order valence-corrected chi connectivity index (χ1v) is 12.7. The predicted octanol–water partition coefficient (Wildman–Crippen LogP) is 5.29. The maximum atomic E-state index is 13.3. The van der Waals surface area contributed by atoms with Gasteiger partial charge in [0.25, 0.3) is 5.91 Å². The molecule has 0 spiro atoms. The van der Waals surface area contributed by atoms with Crippen LogP contribution in [0.25, 0.3) is 31.8 Å². The number of thiazole rings is 1. The molecule has 0 bridgehead atoms. The molecule has 35 heavy (non-hydrogen) atoms. The number of carbonyl (C=O) groups excluding carboxylic acids is 2. The number of carbonyl (C=O) groups is 2. The molecule has 0 fully saturated rings. The van der Waals surface area contributed by atoms with Gasteiger partial charge in [-0.05, 0) is 36.2 Å².